The van der Waals surface area contributed by atoms with Crippen molar-refractivity contribution in [3.8, 4) is 5.75 Å². The summed E-state index contributed by atoms with van der Waals surface area (Å²) in [6, 6.07) is 5.84. The van der Waals surface area contributed by atoms with Crippen LogP contribution in [-0.2, 0) is 4.74 Å². The summed E-state index contributed by atoms with van der Waals surface area (Å²) < 4.78 is 11.0. The predicted molar refractivity (Wildman–Crippen MR) is 66.3 cm³/mol. The monoisotopic (exact) mass is 236 g/mol. The number of hydrogen-bond acceptors (Lipinski definition) is 3. The highest BCUT2D eigenvalue weighted by molar-refractivity contribution is 5.39. The lowest BCUT2D eigenvalue weighted by atomic mass is 9.89. The van der Waals surface area contributed by atoms with Crippen LogP contribution in [0.1, 0.15) is 37.0 Å². The lowest BCUT2D eigenvalue weighted by Crippen LogP contribution is -2.32. The van der Waals surface area contributed by atoms with Gasteiger partial charge < -0.3 is 14.6 Å². The van der Waals surface area contributed by atoms with Crippen molar-refractivity contribution < 1.29 is 14.6 Å². The summed E-state index contributed by atoms with van der Waals surface area (Å²) in [4.78, 5) is 0. The molecule has 0 amide bonds. The molecule has 1 aromatic rings. The number of rotatable bonds is 3. The van der Waals surface area contributed by atoms with Crippen molar-refractivity contribution in [1.29, 1.82) is 0 Å². The normalized spacial score (nSPS) is 25.9. The van der Waals surface area contributed by atoms with E-state index in [1.165, 1.54) is 0 Å². The van der Waals surface area contributed by atoms with Crippen LogP contribution in [0.25, 0.3) is 0 Å². The van der Waals surface area contributed by atoms with Crippen LogP contribution in [-0.4, -0.2) is 24.4 Å². The van der Waals surface area contributed by atoms with E-state index in [2.05, 4.69) is 0 Å². The molecule has 3 nitrogen and oxygen atoms in total. The van der Waals surface area contributed by atoms with Gasteiger partial charge in [-0.15, -0.1) is 0 Å². The first-order valence-electron chi connectivity index (χ1n) is 6.03. The second kappa shape index (κ2) is 4.67. The van der Waals surface area contributed by atoms with Gasteiger partial charge in [-0.1, -0.05) is 11.6 Å². The van der Waals surface area contributed by atoms with Gasteiger partial charge in [0.1, 0.15) is 11.9 Å². The number of methoxy groups -OCH3 is 1. The van der Waals surface area contributed by atoms with Gasteiger partial charge >= 0.3 is 0 Å². The van der Waals surface area contributed by atoms with E-state index < -0.39 is 11.7 Å². The van der Waals surface area contributed by atoms with E-state index in [-0.39, 0.29) is 0 Å². The Morgan fingerprint density at radius 2 is 2.24 bits per heavy atom. The largest absolute Gasteiger partial charge is 0.496 e. The van der Waals surface area contributed by atoms with Gasteiger partial charge in [-0.2, -0.15) is 0 Å². The number of aliphatic hydroxyl groups is 1. The Hall–Kier alpha value is -1.06. The smallest absolute Gasteiger partial charge is 0.124 e. The van der Waals surface area contributed by atoms with Crippen molar-refractivity contribution in [3.05, 3.63) is 29.3 Å². The Morgan fingerprint density at radius 3 is 2.82 bits per heavy atom. The summed E-state index contributed by atoms with van der Waals surface area (Å²) in [5.74, 6) is 0.722. The molecule has 0 spiro atoms. The summed E-state index contributed by atoms with van der Waals surface area (Å²) >= 11 is 0. The third kappa shape index (κ3) is 2.31. The van der Waals surface area contributed by atoms with E-state index in [1.807, 2.05) is 32.0 Å². The SMILES string of the molecule is COc1ccc(C)cc1C(O)C1(C)CCCO1. The van der Waals surface area contributed by atoms with Gasteiger partial charge in [0, 0.05) is 12.2 Å². The van der Waals surface area contributed by atoms with E-state index >= 15 is 0 Å². The summed E-state index contributed by atoms with van der Waals surface area (Å²) in [5, 5.41) is 10.5. The highest BCUT2D eigenvalue weighted by Gasteiger charge is 2.39. The molecule has 0 saturated carbocycles. The summed E-state index contributed by atoms with van der Waals surface area (Å²) in [7, 11) is 1.62. The molecular formula is C14H20O3. The quantitative estimate of drug-likeness (QED) is 0.876. The average molecular weight is 236 g/mol. The Balaban J connectivity index is 2.35. The first-order valence-corrected chi connectivity index (χ1v) is 6.03. The van der Waals surface area contributed by atoms with E-state index in [9.17, 15) is 5.11 Å². The Bertz CT molecular complexity index is 394. The zero-order chi connectivity index (χ0) is 12.5. The van der Waals surface area contributed by atoms with Gasteiger partial charge in [-0.3, -0.25) is 0 Å². The summed E-state index contributed by atoms with van der Waals surface area (Å²) in [5.41, 5.74) is 1.44. The van der Waals surface area contributed by atoms with Crippen LogP contribution in [0.15, 0.2) is 18.2 Å². The second-order valence-corrected chi connectivity index (χ2v) is 4.91. The maximum absolute atomic E-state index is 10.5. The highest BCUT2D eigenvalue weighted by atomic mass is 16.5. The van der Waals surface area contributed by atoms with Gasteiger partial charge in [0.2, 0.25) is 0 Å². The molecule has 2 unspecified atom stereocenters. The first kappa shape index (κ1) is 12.4. The molecule has 0 aromatic heterocycles. The molecule has 94 valence electrons. The van der Waals surface area contributed by atoms with Crippen molar-refractivity contribution >= 4 is 0 Å². The molecule has 0 bridgehead atoms. The lowest BCUT2D eigenvalue weighted by molar-refractivity contribution is -0.0803. The molecule has 1 aliphatic heterocycles. The molecule has 1 N–H and O–H groups in total. The van der Waals surface area contributed by atoms with Crippen LogP contribution >= 0.6 is 0 Å². The minimum atomic E-state index is -0.639. The fourth-order valence-electron chi connectivity index (χ4n) is 2.41. The molecule has 17 heavy (non-hydrogen) atoms. The zero-order valence-corrected chi connectivity index (χ0v) is 10.7. The Labute approximate surface area is 102 Å². The van der Waals surface area contributed by atoms with Crippen LogP contribution in [0.2, 0.25) is 0 Å². The average Bonchev–Trinajstić information content (AvgIpc) is 2.76. The van der Waals surface area contributed by atoms with Crippen molar-refractivity contribution in [1.82, 2.24) is 0 Å². The van der Waals surface area contributed by atoms with Crippen molar-refractivity contribution in [2.24, 2.45) is 0 Å². The summed E-state index contributed by atoms with van der Waals surface area (Å²) in [6.45, 7) is 4.70. The van der Waals surface area contributed by atoms with Gasteiger partial charge in [-0.05, 0) is 38.8 Å². The molecule has 0 aliphatic carbocycles. The van der Waals surface area contributed by atoms with Crippen LogP contribution in [0.5, 0.6) is 5.75 Å². The van der Waals surface area contributed by atoms with Crippen LogP contribution in [0.4, 0.5) is 0 Å². The molecule has 1 aromatic carbocycles. The minimum absolute atomic E-state index is 0.485. The number of ether oxygens (including phenoxy) is 2. The number of aryl methyl sites for hydroxylation is 1. The fraction of sp³-hybridized carbons (Fsp3) is 0.571. The van der Waals surface area contributed by atoms with Crippen LogP contribution in [0.3, 0.4) is 0 Å². The van der Waals surface area contributed by atoms with Crippen LogP contribution in [0, 0.1) is 6.92 Å². The Morgan fingerprint density at radius 1 is 1.47 bits per heavy atom. The molecule has 3 heteroatoms. The standard InChI is InChI=1S/C14H20O3/c1-10-5-6-12(16-3)11(9-10)13(15)14(2)7-4-8-17-14/h5-6,9,13,15H,4,7-8H2,1-3H3. The van der Waals surface area contributed by atoms with Gasteiger partial charge in [-0.25, -0.2) is 0 Å². The van der Waals surface area contributed by atoms with E-state index in [0.29, 0.717) is 0 Å². The van der Waals surface area contributed by atoms with E-state index in [4.69, 9.17) is 9.47 Å². The summed E-state index contributed by atoms with van der Waals surface area (Å²) in [6.07, 6.45) is 1.24. The maximum Gasteiger partial charge on any atom is 0.124 e. The molecule has 1 saturated heterocycles. The van der Waals surface area contributed by atoms with Gasteiger partial charge in [0.15, 0.2) is 0 Å². The molecular weight excluding hydrogens is 216 g/mol. The van der Waals surface area contributed by atoms with Gasteiger partial charge in [0.25, 0.3) is 0 Å². The van der Waals surface area contributed by atoms with Crippen molar-refractivity contribution in [2.45, 2.75) is 38.4 Å². The van der Waals surface area contributed by atoms with Crippen molar-refractivity contribution in [3.63, 3.8) is 0 Å². The third-order valence-corrected chi connectivity index (χ3v) is 3.51. The maximum atomic E-state index is 10.5. The van der Waals surface area contributed by atoms with E-state index in [1.54, 1.807) is 7.11 Å². The first-order chi connectivity index (χ1) is 8.07. The zero-order valence-electron chi connectivity index (χ0n) is 10.7. The van der Waals surface area contributed by atoms with Crippen molar-refractivity contribution in [2.75, 3.05) is 13.7 Å². The number of benzene rings is 1. The van der Waals surface area contributed by atoms with Crippen LogP contribution < -0.4 is 4.74 Å². The predicted octanol–water partition coefficient (Wildman–Crippen LogP) is 2.61. The Kier molecular flexibility index (Phi) is 3.40. The van der Waals surface area contributed by atoms with E-state index in [0.717, 1.165) is 36.3 Å². The lowest BCUT2D eigenvalue weighted by Gasteiger charge is -2.30. The topological polar surface area (TPSA) is 38.7 Å². The molecule has 2 atom stereocenters. The fourth-order valence-corrected chi connectivity index (χ4v) is 2.41. The molecule has 1 fully saturated rings. The molecule has 1 heterocycles. The molecule has 0 radical (unpaired) electrons. The highest BCUT2D eigenvalue weighted by Crippen LogP contribution is 2.40. The third-order valence-electron chi connectivity index (χ3n) is 3.51. The number of hydrogen-bond donors (Lipinski definition) is 1. The second-order valence-electron chi connectivity index (χ2n) is 4.91. The molecule has 1 aliphatic rings. The number of aliphatic hydroxyl groups excluding tert-OH is 1. The van der Waals surface area contributed by atoms with Gasteiger partial charge in [0.05, 0.1) is 12.7 Å². The molecule has 2 rings (SSSR count). The minimum Gasteiger partial charge on any atom is -0.496 e.